The Morgan fingerprint density at radius 2 is 1.33 bits per heavy atom. The molecule has 1 fully saturated rings. The van der Waals surface area contributed by atoms with E-state index < -0.39 is 216 Å². The first kappa shape index (κ1) is 101. The molecule has 2 heterocycles. The van der Waals surface area contributed by atoms with E-state index in [1.54, 1.807) is 73.6 Å². The Balaban J connectivity index is 2.58. The second kappa shape index (κ2) is 48.3. The highest BCUT2D eigenvalue weighted by molar-refractivity contribution is 5.95. The summed E-state index contributed by atoms with van der Waals surface area (Å²) in [5, 5.41) is 152. The maximum absolute atomic E-state index is 14.2. The lowest BCUT2D eigenvalue weighted by molar-refractivity contribution is -0.167. The topological polar surface area (TPSA) is 490 Å². The number of ether oxygens (including phenoxy) is 4. The summed E-state index contributed by atoms with van der Waals surface area (Å²) in [6.45, 7) is 26.9. The molecule has 29 nitrogen and oxygen atoms in total. The molecule has 3 amide bonds. The van der Waals surface area contributed by atoms with Gasteiger partial charge in [-0.05, 0) is 147 Å². The first-order valence-electron chi connectivity index (χ1n) is 38.9. The van der Waals surface area contributed by atoms with Crippen molar-refractivity contribution < 1.29 is 128 Å². The SMILES string of the molecule is COC(=O)C(C)(C)C(O)C(C)C(=O)C(C)(C)/C=C/C(=O)NC(C(O)C(C)C)C(O)C(C)/C=C(\C)C(O)C(C)CCCC(O)CC(=O)NC1C(C)OC(=O)C(C(O)C(=O)O)NC(=O)/C=C/C=C/CC/C=C/C=C/C[C@@H]2C[C@@H](C)C[C@@H](CC(O)C(C)C(O)/C(C)=C/C(C)C(O)/C(C)=C/CC(OC(=O)CC(O)C(=O)O)C(C)C1O)O2. The van der Waals surface area contributed by atoms with Crippen LogP contribution in [0.1, 0.15) is 195 Å². The standard InChI is InChI=1S/C83H133N3O26/c1-44(2)69(94)67(84-63(91)35-36-82(14,15)76(101)54(12)77(102)83(16,17)81(108)109-18)73(98)51(9)40-49(7)70(95)46(4)29-28-30-56(87)41-64(92)86-66-55(13)110-80(107)68(75(100)79(105)106)85-62(90)32-27-25-23-21-19-20-22-24-26-31-57-37-45(3)38-58(111-57)42-59(88)52(10)72(97)50(8)39-48(6)71(96)47(5)33-34-61(53(11)74(66)99)112-65(93)43-60(89)78(103)104/h20,22-27,32-33,35-36,39-40,44-46,48,51-61,66-75,77,87-89,94-100,102H,19,21,28-31,34,37-38,41-43H2,1-18H3,(H,84,91)(H,85,90)(H,86,92)(H,103,104)(H,105,106)/b22-20+,25-23+,26-24+,32-27+,36-35+,47-33+,49-40+,50-39+/t45-,46?,48?,51?,52?,53?,54?,55?,56?,57-,58+,59?,60?,61?,66?,67?,68?,69?,70?,71?,72?,73?,74?,75?,77?/m1/s1. The maximum atomic E-state index is 14.2. The van der Waals surface area contributed by atoms with Crippen molar-refractivity contribution in [2.45, 2.75) is 304 Å². The van der Waals surface area contributed by atoms with E-state index in [0.29, 0.717) is 42.7 Å². The largest absolute Gasteiger partial charge is 0.479 e. The smallest absolute Gasteiger partial charge is 0.335 e. The van der Waals surface area contributed by atoms with Crippen LogP contribution < -0.4 is 16.0 Å². The van der Waals surface area contributed by atoms with Crippen LogP contribution in [0.5, 0.6) is 0 Å². The Hall–Kier alpha value is -7.13. The van der Waals surface area contributed by atoms with Crippen molar-refractivity contribution >= 4 is 53.4 Å². The number of nitrogens with one attached hydrogen (secondary N) is 3. The Kier molecular flexibility index (Phi) is 43.5. The molecular formula is C83H133N3O26. The lowest BCUT2D eigenvalue weighted by Crippen LogP contribution is -2.58. The number of Topliss-reactive ketones (excluding diaryl/α,β-unsaturated/α-hetero) is 1. The van der Waals surface area contributed by atoms with Crippen LogP contribution in [-0.2, 0) is 62.1 Å². The molecule has 29 heteroatoms. The van der Waals surface area contributed by atoms with Crippen molar-refractivity contribution in [1.82, 2.24) is 16.0 Å². The zero-order valence-electron chi connectivity index (χ0n) is 68.6. The Bertz CT molecular complexity index is 3300. The molecule has 0 aromatic carbocycles. The first-order valence-corrected chi connectivity index (χ1v) is 38.9. The number of aliphatic carboxylic acids is 2. The van der Waals surface area contributed by atoms with Crippen LogP contribution in [0.3, 0.4) is 0 Å². The molecule has 2 rings (SSSR count). The molecule has 2 bridgehead atoms. The van der Waals surface area contributed by atoms with Crippen molar-refractivity contribution in [3.8, 4) is 0 Å². The highest BCUT2D eigenvalue weighted by Gasteiger charge is 2.46. The lowest BCUT2D eigenvalue weighted by Gasteiger charge is -2.36. The van der Waals surface area contributed by atoms with Gasteiger partial charge < -0.3 is 101 Å². The number of carbonyl (C=O) groups excluding carboxylic acids is 7. The van der Waals surface area contributed by atoms with Crippen molar-refractivity contribution in [3.63, 3.8) is 0 Å². The third kappa shape index (κ3) is 33.0. The van der Waals surface area contributed by atoms with E-state index in [2.05, 4.69) is 22.9 Å². The second-order valence-electron chi connectivity index (χ2n) is 32.5. The zero-order valence-corrected chi connectivity index (χ0v) is 68.6. The number of carbonyl (C=O) groups is 9. The maximum Gasteiger partial charge on any atom is 0.335 e. The van der Waals surface area contributed by atoms with Gasteiger partial charge in [-0.25, -0.2) is 14.4 Å². The van der Waals surface area contributed by atoms with Gasteiger partial charge >= 0.3 is 29.8 Å². The molecule has 1 saturated heterocycles. The zero-order chi connectivity index (χ0) is 85.6. The number of methoxy groups -OCH3 is 1. The summed E-state index contributed by atoms with van der Waals surface area (Å²) in [4.78, 5) is 118. The van der Waals surface area contributed by atoms with E-state index in [1.165, 1.54) is 72.8 Å². The van der Waals surface area contributed by atoms with Crippen LogP contribution in [0.2, 0.25) is 0 Å². The highest BCUT2D eigenvalue weighted by atomic mass is 16.6. The summed E-state index contributed by atoms with van der Waals surface area (Å²) in [6, 6.07) is -5.36. The van der Waals surface area contributed by atoms with E-state index >= 15 is 0 Å². The van der Waals surface area contributed by atoms with Crippen LogP contribution in [0.15, 0.2) is 95.7 Å². The fraction of sp³-hybridized carbons (Fsp3) is 0.699. The molecule has 636 valence electrons. The van der Waals surface area contributed by atoms with Gasteiger partial charge in [-0.15, -0.1) is 0 Å². The Morgan fingerprint density at radius 3 is 1.92 bits per heavy atom. The number of carboxylic acids is 2. The molecular weight excluding hydrogens is 1450 g/mol. The average Bonchev–Trinajstić information content (AvgIpc) is 0.896. The van der Waals surface area contributed by atoms with Crippen LogP contribution in [-0.4, -0.2) is 237 Å². The number of aliphatic hydroxyl groups excluding tert-OH is 11. The minimum absolute atomic E-state index is 0.0578. The van der Waals surface area contributed by atoms with Crippen molar-refractivity contribution in [2.75, 3.05) is 7.11 Å². The normalized spacial score (nSPS) is 30.4. The molecule has 16 N–H and O–H groups in total. The van der Waals surface area contributed by atoms with Gasteiger partial charge in [0.25, 0.3) is 0 Å². The third-order valence-electron chi connectivity index (χ3n) is 21.4. The molecule has 0 aromatic rings. The van der Waals surface area contributed by atoms with Crippen LogP contribution in [0.25, 0.3) is 0 Å². The van der Waals surface area contributed by atoms with Crippen molar-refractivity contribution in [1.29, 1.82) is 0 Å². The number of fused-ring (bicyclic) bond motifs is 2. The van der Waals surface area contributed by atoms with E-state index in [0.717, 1.165) is 32.6 Å². The molecule has 0 spiro atoms. The van der Waals surface area contributed by atoms with Gasteiger partial charge in [0.05, 0.1) is 105 Å². The minimum Gasteiger partial charge on any atom is -0.479 e. The quantitative estimate of drug-likeness (QED) is 0.0201. The number of aliphatic hydroxyl groups is 11. The summed E-state index contributed by atoms with van der Waals surface area (Å²) in [7, 11) is 1.16. The van der Waals surface area contributed by atoms with Gasteiger partial charge in [0.1, 0.15) is 18.0 Å². The summed E-state index contributed by atoms with van der Waals surface area (Å²) in [5.41, 5.74) is -1.65. The molecule has 0 aliphatic carbocycles. The molecule has 0 aromatic heterocycles. The first-order chi connectivity index (χ1) is 52.0. The Labute approximate surface area is 660 Å². The Morgan fingerprint density at radius 1 is 0.732 bits per heavy atom. The fourth-order valence-electron chi connectivity index (χ4n) is 13.9. The summed E-state index contributed by atoms with van der Waals surface area (Å²) >= 11 is 0. The van der Waals surface area contributed by atoms with E-state index in [9.17, 15) is 110 Å². The minimum atomic E-state index is -2.62. The number of ketones is 1. The highest BCUT2D eigenvalue weighted by Crippen LogP contribution is 2.35. The number of allylic oxidation sites excluding steroid dienone is 7. The monoisotopic (exact) mass is 1590 g/mol. The number of carboxylic acid groups (broad SMARTS) is 2. The number of rotatable bonds is 28. The van der Waals surface area contributed by atoms with Gasteiger partial charge in [-0.2, -0.15) is 0 Å². The van der Waals surface area contributed by atoms with Crippen LogP contribution in [0.4, 0.5) is 0 Å². The summed E-state index contributed by atoms with van der Waals surface area (Å²) in [6.07, 6.45) is 1.64. The predicted octanol–water partition coefficient (Wildman–Crippen LogP) is 5.41. The lowest BCUT2D eigenvalue weighted by atomic mass is 9.72. The summed E-state index contributed by atoms with van der Waals surface area (Å²) < 4.78 is 22.6. The molecule has 25 atom stereocenters. The molecule has 22 unspecified atom stereocenters. The van der Waals surface area contributed by atoms with E-state index in [-0.39, 0.29) is 49.9 Å². The molecule has 2 aliphatic heterocycles. The molecule has 0 saturated carbocycles. The molecule has 0 radical (unpaired) electrons. The predicted molar refractivity (Wildman–Crippen MR) is 417 cm³/mol. The number of cyclic esters (lactones) is 1. The van der Waals surface area contributed by atoms with Gasteiger partial charge in [0.2, 0.25) is 17.7 Å². The summed E-state index contributed by atoms with van der Waals surface area (Å²) in [5.74, 6) is -15.8. The van der Waals surface area contributed by atoms with Gasteiger partial charge in [0, 0.05) is 47.5 Å². The van der Waals surface area contributed by atoms with Gasteiger partial charge in [-0.1, -0.05) is 136 Å². The number of hydrogen-bond acceptors (Lipinski definition) is 24. The number of esters is 3. The van der Waals surface area contributed by atoms with Crippen LogP contribution in [0, 0.1) is 58.2 Å². The van der Waals surface area contributed by atoms with Crippen molar-refractivity contribution in [3.05, 3.63) is 95.7 Å². The second-order valence-corrected chi connectivity index (χ2v) is 32.5. The fourth-order valence-corrected chi connectivity index (χ4v) is 13.9. The number of amides is 3. The van der Waals surface area contributed by atoms with Gasteiger partial charge in [-0.3, -0.25) is 28.8 Å². The molecule has 2 aliphatic rings. The molecule has 112 heavy (non-hydrogen) atoms. The average molecular weight is 1590 g/mol. The van der Waals surface area contributed by atoms with Crippen LogP contribution >= 0.6 is 0 Å². The number of hydrogen-bond donors (Lipinski definition) is 16. The van der Waals surface area contributed by atoms with Gasteiger partial charge in [0.15, 0.2) is 18.2 Å². The van der Waals surface area contributed by atoms with E-state index in [1.807, 2.05) is 24.3 Å². The van der Waals surface area contributed by atoms with Crippen molar-refractivity contribution in [2.24, 2.45) is 58.2 Å². The third-order valence-corrected chi connectivity index (χ3v) is 21.4. The van der Waals surface area contributed by atoms with E-state index in [4.69, 9.17) is 18.9 Å².